The molecule has 0 bridgehead atoms. The highest BCUT2D eigenvalue weighted by Gasteiger charge is 2.29. The van der Waals surface area contributed by atoms with E-state index in [1.54, 1.807) is 18.2 Å². The van der Waals surface area contributed by atoms with Gasteiger partial charge in [0, 0.05) is 0 Å². The minimum absolute atomic E-state index is 0. The Morgan fingerprint density at radius 2 is 1.95 bits per heavy atom. The van der Waals surface area contributed by atoms with Crippen molar-refractivity contribution < 1.29 is 14.9 Å². The molecule has 19 heavy (non-hydrogen) atoms. The van der Waals surface area contributed by atoms with Crippen molar-refractivity contribution in [3.8, 4) is 11.5 Å². The quantitative estimate of drug-likeness (QED) is 0.795. The van der Waals surface area contributed by atoms with Gasteiger partial charge >= 0.3 is 0 Å². The summed E-state index contributed by atoms with van der Waals surface area (Å²) in [5.41, 5.74) is 6.82. The number of hydrogen-bond donors (Lipinski definition) is 3. The molecule has 0 aliphatic heterocycles. The maximum absolute atomic E-state index is 10.3. The maximum atomic E-state index is 10.3. The van der Waals surface area contributed by atoms with Crippen LogP contribution in [-0.4, -0.2) is 23.4 Å². The average molecular weight is 288 g/mol. The number of methoxy groups -OCH3 is 1. The van der Waals surface area contributed by atoms with Gasteiger partial charge in [0.25, 0.3) is 0 Å². The highest BCUT2D eigenvalue weighted by atomic mass is 35.5. The first-order chi connectivity index (χ1) is 8.63. The van der Waals surface area contributed by atoms with Gasteiger partial charge in [-0.3, -0.25) is 0 Å². The van der Waals surface area contributed by atoms with Gasteiger partial charge in [0.1, 0.15) is 0 Å². The number of benzene rings is 1. The number of hydrogen-bond acceptors (Lipinski definition) is 4. The molecular formula is C14H22ClNO3. The predicted octanol–water partition coefficient (Wildman–Crippen LogP) is 2.37. The minimum atomic E-state index is -0.541. The van der Waals surface area contributed by atoms with Gasteiger partial charge in [0.15, 0.2) is 11.5 Å². The molecule has 0 aromatic heterocycles. The van der Waals surface area contributed by atoms with E-state index in [9.17, 15) is 10.2 Å². The van der Waals surface area contributed by atoms with Crippen LogP contribution >= 0.6 is 12.4 Å². The Morgan fingerprint density at radius 1 is 1.32 bits per heavy atom. The van der Waals surface area contributed by atoms with Crippen molar-refractivity contribution in [2.75, 3.05) is 7.11 Å². The summed E-state index contributed by atoms with van der Waals surface area (Å²) in [4.78, 5) is 0. The molecule has 0 amide bonds. The molecule has 0 unspecified atom stereocenters. The SMILES string of the molecule is COc1ccc([C@@H](N)[C@@H](O)C2CCCC2)cc1O.Cl. The van der Waals surface area contributed by atoms with Crippen molar-refractivity contribution >= 4 is 12.4 Å². The van der Waals surface area contributed by atoms with Gasteiger partial charge in [-0.15, -0.1) is 12.4 Å². The van der Waals surface area contributed by atoms with Crippen LogP contribution in [0.5, 0.6) is 11.5 Å². The fourth-order valence-electron chi connectivity index (χ4n) is 2.70. The van der Waals surface area contributed by atoms with E-state index in [0.717, 1.165) is 18.4 Å². The highest BCUT2D eigenvalue weighted by Crippen LogP contribution is 2.34. The van der Waals surface area contributed by atoms with Gasteiger partial charge in [-0.25, -0.2) is 0 Å². The zero-order valence-electron chi connectivity index (χ0n) is 11.1. The van der Waals surface area contributed by atoms with Crippen LogP contribution in [0.1, 0.15) is 37.3 Å². The Morgan fingerprint density at radius 3 is 2.47 bits per heavy atom. The first-order valence-corrected chi connectivity index (χ1v) is 6.44. The zero-order valence-corrected chi connectivity index (χ0v) is 11.9. The van der Waals surface area contributed by atoms with E-state index in [2.05, 4.69) is 0 Å². The molecule has 1 aliphatic rings. The monoisotopic (exact) mass is 287 g/mol. The summed E-state index contributed by atoms with van der Waals surface area (Å²) in [5, 5.41) is 20.0. The lowest BCUT2D eigenvalue weighted by molar-refractivity contribution is 0.0844. The van der Waals surface area contributed by atoms with Crippen LogP contribution in [-0.2, 0) is 0 Å². The molecule has 0 saturated heterocycles. The second-order valence-electron chi connectivity index (χ2n) is 4.99. The molecule has 4 N–H and O–H groups in total. The molecule has 4 nitrogen and oxygen atoms in total. The van der Waals surface area contributed by atoms with Gasteiger partial charge in [-0.2, -0.15) is 0 Å². The van der Waals surface area contributed by atoms with Gasteiger partial charge in [-0.1, -0.05) is 18.9 Å². The zero-order chi connectivity index (χ0) is 13.1. The average Bonchev–Trinajstić information content (AvgIpc) is 2.90. The Balaban J connectivity index is 0.00000180. The van der Waals surface area contributed by atoms with Crippen LogP contribution in [0.25, 0.3) is 0 Å². The lowest BCUT2D eigenvalue weighted by atomic mass is 9.91. The van der Waals surface area contributed by atoms with E-state index < -0.39 is 12.1 Å². The normalized spacial score (nSPS) is 18.7. The number of aliphatic hydroxyl groups is 1. The lowest BCUT2D eigenvalue weighted by Gasteiger charge is -2.24. The minimum Gasteiger partial charge on any atom is -0.504 e. The number of rotatable bonds is 4. The molecule has 1 aromatic carbocycles. The van der Waals surface area contributed by atoms with Gasteiger partial charge in [0.05, 0.1) is 19.3 Å². The molecule has 1 fully saturated rings. The number of halogens is 1. The van der Waals surface area contributed by atoms with Crippen molar-refractivity contribution in [2.24, 2.45) is 11.7 Å². The van der Waals surface area contributed by atoms with Crippen molar-refractivity contribution in [3.63, 3.8) is 0 Å². The third kappa shape index (κ3) is 3.53. The number of phenols is 1. The standard InChI is InChI=1S/C14H21NO3.ClH/c1-18-12-7-6-10(8-11(12)16)13(15)14(17)9-4-2-3-5-9;/h6-9,13-14,16-17H,2-5,15H2,1H3;1H/t13-,14+;/m1./s1. The van der Waals surface area contributed by atoms with Crippen LogP contribution in [0, 0.1) is 5.92 Å². The van der Waals surface area contributed by atoms with Crippen LogP contribution < -0.4 is 10.5 Å². The number of aromatic hydroxyl groups is 1. The maximum Gasteiger partial charge on any atom is 0.160 e. The number of nitrogens with two attached hydrogens (primary N) is 1. The van der Waals surface area contributed by atoms with E-state index in [4.69, 9.17) is 10.5 Å². The molecule has 0 radical (unpaired) electrons. The number of ether oxygens (including phenoxy) is 1. The van der Waals surface area contributed by atoms with Crippen molar-refractivity contribution in [2.45, 2.75) is 37.8 Å². The summed E-state index contributed by atoms with van der Waals surface area (Å²) in [6.07, 6.45) is 3.87. The predicted molar refractivity (Wildman–Crippen MR) is 76.8 cm³/mol. The highest BCUT2D eigenvalue weighted by molar-refractivity contribution is 5.85. The molecule has 2 rings (SSSR count). The molecule has 5 heteroatoms. The van der Waals surface area contributed by atoms with Crippen molar-refractivity contribution in [3.05, 3.63) is 23.8 Å². The third-order valence-corrected chi connectivity index (χ3v) is 3.84. The summed E-state index contributed by atoms with van der Waals surface area (Å²) in [6, 6.07) is 4.58. The molecule has 1 saturated carbocycles. The van der Waals surface area contributed by atoms with E-state index in [1.165, 1.54) is 20.0 Å². The van der Waals surface area contributed by atoms with E-state index in [-0.39, 0.29) is 24.1 Å². The molecule has 1 aromatic rings. The summed E-state index contributed by atoms with van der Waals surface area (Å²) in [6.45, 7) is 0. The molecular weight excluding hydrogens is 266 g/mol. The Bertz CT molecular complexity index is 408. The van der Waals surface area contributed by atoms with E-state index in [1.807, 2.05) is 0 Å². The van der Waals surface area contributed by atoms with Crippen molar-refractivity contribution in [1.82, 2.24) is 0 Å². The summed E-state index contributed by atoms with van der Waals surface area (Å²) in [7, 11) is 1.50. The summed E-state index contributed by atoms with van der Waals surface area (Å²) >= 11 is 0. The van der Waals surface area contributed by atoms with Crippen LogP contribution in [0.15, 0.2) is 18.2 Å². The second-order valence-corrected chi connectivity index (χ2v) is 4.99. The molecule has 1 aliphatic carbocycles. The fourth-order valence-corrected chi connectivity index (χ4v) is 2.70. The topological polar surface area (TPSA) is 75.7 Å². The smallest absolute Gasteiger partial charge is 0.160 e. The molecule has 0 spiro atoms. The van der Waals surface area contributed by atoms with E-state index in [0.29, 0.717) is 5.75 Å². The van der Waals surface area contributed by atoms with E-state index >= 15 is 0 Å². The van der Waals surface area contributed by atoms with Gasteiger partial charge in [-0.05, 0) is 36.5 Å². The fraction of sp³-hybridized carbons (Fsp3) is 0.571. The Hall–Kier alpha value is -0.970. The van der Waals surface area contributed by atoms with Gasteiger partial charge in [0.2, 0.25) is 0 Å². The Labute approximate surface area is 120 Å². The van der Waals surface area contributed by atoms with Crippen LogP contribution in [0.4, 0.5) is 0 Å². The second kappa shape index (κ2) is 6.98. The molecule has 108 valence electrons. The third-order valence-electron chi connectivity index (χ3n) is 3.84. The van der Waals surface area contributed by atoms with Crippen molar-refractivity contribution in [1.29, 1.82) is 0 Å². The Kier molecular flexibility index (Phi) is 5.91. The summed E-state index contributed by atoms with van der Waals surface area (Å²) in [5.74, 6) is 0.759. The first-order valence-electron chi connectivity index (χ1n) is 6.44. The lowest BCUT2D eigenvalue weighted by Crippen LogP contribution is -2.31. The van der Waals surface area contributed by atoms with Gasteiger partial charge < -0.3 is 20.7 Å². The number of phenolic OH excluding ortho intramolecular Hbond substituents is 1. The number of aliphatic hydroxyl groups excluding tert-OH is 1. The summed E-state index contributed by atoms with van der Waals surface area (Å²) < 4.78 is 4.99. The largest absolute Gasteiger partial charge is 0.504 e. The molecule has 2 atom stereocenters. The van der Waals surface area contributed by atoms with Crippen LogP contribution in [0.2, 0.25) is 0 Å². The van der Waals surface area contributed by atoms with Crippen LogP contribution in [0.3, 0.4) is 0 Å². The first kappa shape index (κ1) is 16.1. The molecule has 0 heterocycles.